The van der Waals surface area contributed by atoms with Crippen LogP contribution in [0.2, 0.25) is 0 Å². The normalized spacial score (nSPS) is 19.8. The van der Waals surface area contributed by atoms with Crippen LogP contribution in [0.3, 0.4) is 0 Å². The number of nitrogens with zero attached hydrogens (tertiary/aromatic N) is 2. The van der Waals surface area contributed by atoms with Gasteiger partial charge in [0.1, 0.15) is 4.90 Å². The highest BCUT2D eigenvalue weighted by molar-refractivity contribution is 7.89. The van der Waals surface area contributed by atoms with E-state index in [1.165, 1.54) is 26.4 Å². The van der Waals surface area contributed by atoms with Crippen LogP contribution >= 0.6 is 0 Å². The molecule has 1 aromatic rings. The van der Waals surface area contributed by atoms with Crippen molar-refractivity contribution in [2.75, 3.05) is 20.7 Å². The number of rotatable bonds is 5. The first-order valence-corrected chi connectivity index (χ1v) is 9.27. The molecule has 0 N–H and O–H groups in total. The van der Waals surface area contributed by atoms with Crippen molar-refractivity contribution in [1.29, 1.82) is 0 Å². The number of sulfonamides is 1. The molecule has 1 aliphatic rings. The van der Waals surface area contributed by atoms with Gasteiger partial charge in [0.15, 0.2) is 0 Å². The number of aromatic nitrogens is 1. The lowest BCUT2D eigenvalue weighted by Crippen LogP contribution is -2.41. The molecule has 0 aromatic carbocycles. The van der Waals surface area contributed by atoms with Gasteiger partial charge in [-0.1, -0.05) is 0 Å². The molecule has 1 aliphatic heterocycles. The van der Waals surface area contributed by atoms with Gasteiger partial charge in [0, 0.05) is 25.8 Å². The largest absolute Gasteiger partial charge is 0.496 e. The van der Waals surface area contributed by atoms with Crippen LogP contribution in [0.15, 0.2) is 17.2 Å². The predicted molar refractivity (Wildman–Crippen MR) is 92.0 cm³/mol. The zero-order valence-corrected chi connectivity index (χ0v) is 16.1. The highest BCUT2D eigenvalue weighted by Gasteiger charge is 2.52. The summed E-state index contributed by atoms with van der Waals surface area (Å²) in [7, 11) is -1.46. The van der Waals surface area contributed by atoms with E-state index in [0.29, 0.717) is 12.1 Å². The average molecular weight is 356 g/mol. The minimum Gasteiger partial charge on any atom is -0.477 e. The van der Waals surface area contributed by atoms with Crippen LogP contribution in [0.1, 0.15) is 34.6 Å². The second kappa shape index (κ2) is 6.29. The van der Waals surface area contributed by atoms with Gasteiger partial charge in [0.2, 0.25) is 15.9 Å². The zero-order chi connectivity index (χ0) is 18.3. The maximum absolute atomic E-state index is 12.6. The molecule has 7 nitrogen and oxygen atoms in total. The Kier molecular flexibility index (Phi) is 5.03. The Morgan fingerprint density at radius 3 is 2.21 bits per heavy atom. The summed E-state index contributed by atoms with van der Waals surface area (Å²) in [4.78, 5) is 4.17. The highest BCUT2D eigenvalue weighted by Crippen LogP contribution is 2.36. The van der Waals surface area contributed by atoms with Crippen LogP contribution in [0, 0.1) is 0 Å². The van der Waals surface area contributed by atoms with E-state index in [2.05, 4.69) is 4.98 Å². The number of ether oxygens (including phenoxy) is 1. The standard InChI is InChI=1S/C15H25BN2O5S/c1-8-21-13-12(24(19,20)18(6)7)9-11(10-17-13)16-22-14(2,3)15(4,5)23-16/h9-10H,8H2,1-7H3. The first kappa shape index (κ1) is 19.2. The highest BCUT2D eigenvalue weighted by atomic mass is 32.2. The number of pyridine rings is 1. The summed E-state index contributed by atoms with van der Waals surface area (Å²) < 4.78 is 43.6. The molecule has 1 saturated heterocycles. The molecule has 2 heterocycles. The van der Waals surface area contributed by atoms with E-state index in [0.717, 1.165) is 4.31 Å². The van der Waals surface area contributed by atoms with Crippen molar-refractivity contribution in [3.63, 3.8) is 0 Å². The van der Waals surface area contributed by atoms with E-state index in [4.69, 9.17) is 14.0 Å². The SMILES string of the molecule is CCOc1ncc(B2OC(C)(C)C(C)(C)O2)cc1S(=O)(=O)N(C)C. The monoisotopic (exact) mass is 356 g/mol. The Bertz CT molecular complexity index is 703. The lowest BCUT2D eigenvalue weighted by Gasteiger charge is -2.32. The smallest absolute Gasteiger partial charge is 0.477 e. The van der Waals surface area contributed by atoms with Crippen molar-refractivity contribution in [3.05, 3.63) is 12.3 Å². The van der Waals surface area contributed by atoms with Crippen LogP contribution < -0.4 is 10.2 Å². The molecule has 9 heteroatoms. The first-order valence-electron chi connectivity index (χ1n) is 7.83. The van der Waals surface area contributed by atoms with Crippen molar-refractivity contribution in [3.8, 4) is 5.88 Å². The van der Waals surface area contributed by atoms with Gasteiger partial charge in [-0.05, 0) is 40.7 Å². The third kappa shape index (κ3) is 3.30. The summed E-state index contributed by atoms with van der Waals surface area (Å²) in [5, 5.41) is 0. The molecule has 0 saturated carbocycles. The minimum atomic E-state index is -3.70. The van der Waals surface area contributed by atoms with Gasteiger partial charge in [-0.3, -0.25) is 0 Å². The van der Waals surface area contributed by atoms with E-state index in [1.54, 1.807) is 6.92 Å². The molecule has 1 aromatic heterocycles. The van der Waals surface area contributed by atoms with Crippen LogP contribution in [0.25, 0.3) is 0 Å². The Labute approximate surface area is 144 Å². The molecule has 0 amide bonds. The molecule has 2 rings (SSSR count). The van der Waals surface area contributed by atoms with Crippen molar-refractivity contribution in [2.24, 2.45) is 0 Å². The fourth-order valence-electron chi connectivity index (χ4n) is 2.18. The molecule has 0 unspecified atom stereocenters. The summed E-state index contributed by atoms with van der Waals surface area (Å²) in [6.07, 6.45) is 1.53. The summed E-state index contributed by atoms with van der Waals surface area (Å²) in [5.41, 5.74) is -0.495. The van der Waals surface area contributed by atoms with Crippen molar-refractivity contribution in [1.82, 2.24) is 9.29 Å². The third-order valence-corrected chi connectivity index (χ3v) is 6.21. The van der Waals surface area contributed by atoms with E-state index < -0.39 is 28.3 Å². The van der Waals surface area contributed by atoms with E-state index in [1.807, 2.05) is 27.7 Å². The summed E-state index contributed by atoms with van der Waals surface area (Å²) in [5.74, 6) is 0.0754. The van der Waals surface area contributed by atoms with Gasteiger partial charge in [-0.15, -0.1) is 0 Å². The van der Waals surface area contributed by atoms with E-state index in [-0.39, 0.29) is 10.8 Å². The summed E-state index contributed by atoms with van der Waals surface area (Å²) in [6.45, 7) is 9.84. The van der Waals surface area contributed by atoms with E-state index in [9.17, 15) is 8.42 Å². The summed E-state index contributed by atoms with van der Waals surface area (Å²) in [6, 6.07) is 1.51. The van der Waals surface area contributed by atoms with Crippen LogP contribution in [-0.2, 0) is 19.3 Å². The van der Waals surface area contributed by atoms with Crippen molar-refractivity contribution < 1.29 is 22.5 Å². The fourth-order valence-corrected chi connectivity index (χ4v) is 3.19. The maximum Gasteiger partial charge on any atom is 0.496 e. The first-order chi connectivity index (χ1) is 10.9. The van der Waals surface area contributed by atoms with Gasteiger partial charge in [0.25, 0.3) is 0 Å². The molecular weight excluding hydrogens is 331 g/mol. The lowest BCUT2D eigenvalue weighted by molar-refractivity contribution is 0.00578. The Morgan fingerprint density at radius 1 is 1.21 bits per heavy atom. The molecule has 1 fully saturated rings. The van der Waals surface area contributed by atoms with Gasteiger partial charge in [0.05, 0.1) is 17.8 Å². The maximum atomic E-state index is 12.6. The van der Waals surface area contributed by atoms with Crippen LogP contribution in [0.5, 0.6) is 5.88 Å². The van der Waals surface area contributed by atoms with Gasteiger partial charge >= 0.3 is 7.12 Å². The molecule has 0 bridgehead atoms. The van der Waals surface area contributed by atoms with Gasteiger partial charge in [-0.2, -0.15) is 0 Å². The van der Waals surface area contributed by atoms with Gasteiger partial charge in [-0.25, -0.2) is 17.7 Å². The second-order valence-electron chi connectivity index (χ2n) is 6.88. The second-order valence-corrected chi connectivity index (χ2v) is 9.00. The Balaban J connectivity index is 2.49. The Morgan fingerprint density at radius 2 is 1.75 bits per heavy atom. The topological polar surface area (TPSA) is 78.0 Å². The lowest BCUT2D eigenvalue weighted by atomic mass is 9.80. The van der Waals surface area contributed by atoms with Crippen LogP contribution in [-0.4, -0.2) is 56.7 Å². The summed E-state index contributed by atoms with van der Waals surface area (Å²) >= 11 is 0. The molecule has 134 valence electrons. The van der Waals surface area contributed by atoms with Crippen molar-refractivity contribution >= 4 is 22.6 Å². The minimum absolute atomic E-state index is 0.00145. The average Bonchev–Trinajstić information content (AvgIpc) is 2.67. The molecule has 24 heavy (non-hydrogen) atoms. The Hall–Kier alpha value is -1.16. The predicted octanol–water partition coefficient (Wildman–Crippen LogP) is 1.03. The van der Waals surface area contributed by atoms with Gasteiger partial charge < -0.3 is 14.0 Å². The molecule has 0 aliphatic carbocycles. The van der Waals surface area contributed by atoms with Crippen LogP contribution in [0.4, 0.5) is 0 Å². The van der Waals surface area contributed by atoms with E-state index >= 15 is 0 Å². The molecular formula is C15H25BN2O5S. The molecule has 0 atom stereocenters. The quantitative estimate of drug-likeness (QED) is 0.734. The fraction of sp³-hybridized carbons (Fsp3) is 0.667. The zero-order valence-electron chi connectivity index (χ0n) is 15.3. The molecule has 0 radical (unpaired) electrons. The number of hydrogen-bond acceptors (Lipinski definition) is 6. The number of hydrogen-bond donors (Lipinski definition) is 0. The molecule has 0 spiro atoms. The third-order valence-electron chi connectivity index (χ3n) is 4.40. The van der Waals surface area contributed by atoms with Crippen molar-refractivity contribution in [2.45, 2.75) is 50.7 Å².